The van der Waals surface area contributed by atoms with Gasteiger partial charge in [-0.25, -0.2) is 4.98 Å². The summed E-state index contributed by atoms with van der Waals surface area (Å²) in [5.41, 5.74) is 4.39. The van der Waals surface area contributed by atoms with Crippen LogP contribution < -0.4 is 5.32 Å². The van der Waals surface area contributed by atoms with Crippen molar-refractivity contribution in [3.05, 3.63) is 52.3 Å². The molecule has 1 unspecified atom stereocenters. The van der Waals surface area contributed by atoms with Gasteiger partial charge in [-0.3, -0.25) is 0 Å². The van der Waals surface area contributed by atoms with Gasteiger partial charge in [0.1, 0.15) is 10.9 Å². The maximum Gasteiger partial charge on any atom is 0.129 e. The molecule has 4 heteroatoms. The van der Waals surface area contributed by atoms with Crippen LogP contribution in [0.25, 0.3) is 0 Å². The number of anilines is 1. The summed E-state index contributed by atoms with van der Waals surface area (Å²) < 4.78 is 0. The van der Waals surface area contributed by atoms with Gasteiger partial charge in [-0.05, 0) is 55.2 Å². The van der Waals surface area contributed by atoms with Crippen molar-refractivity contribution in [1.82, 2.24) is 4.98 Å². The molecule has 0 fully saturated rings. The monoisotopic (exact) mass is 274 g/mol. The number of fused-ring (bicyclic) bond motifs is 1. The molecule has 0 spiro atoms. The number of hydrogen-bond donors (Lipinski definition) is 2. The van der Waals surface area contributed by atoms with E-state index in [1.165, 1.54) is 11.1 Å². The first-order valence-electron chi connectivity index (χ1n) is 6.35. The molecule has 1 aliphatic rings. The van der Waals surface area contributed by atoms with Crippen LogP contribution in [0.3, 0.4) is 0 Å². The Hall–Kier alpha value is -1.74. The fourth-order valence-electron chi connectivity index (χ4n) is 2.62. The maximum atomic E-state index is 9.50. The molecule has 0 saturated carbocycles. The molecule has 1 atom stereocenters. The van der Waals surface area contributed by atoms with Gasteiger partial charge in [0.15, 0.2) is 0 Å². The number of aromatic nitrogens is 1. The van der Waals surface area contributed by atoms with Gasteiger partial charge >= 0.3 is 0 Å². The number of phenolic OH excluding ortho intramolecular Hbond substituents is 1. The SMILES string of the molecule is Cc1nc(Cl)ccc1NC1CCc2cc(O)ccc21. The zero-order chi connectivity index (χ0) is 13.4. The van der Waals surface area contributed by atoms with Gasteiger partial charge in [0, 0.05) is 0 Å². The Morgan fingerprint density at radius 2 is 2.16 bits per heavy atom. The Bertz CT molecular complexity index is 628. The lowest BCUT2D eigenvalue weighted by Crippen LogP contribution is -2.08. The molecular weight excluding hydrogens is 260 g/mol. The van der Waals surface area contributed by atoms with Gasteiger partial charge in [0.05, 0.1) is 17.4 Å². The van der Waals surface area contributed by atoms with E-state index in [0.717, 1.165) is 24.2 Å². The average Bonchev–Trinajstić information content (AvgIpc) is 2.75. The molecule has 1 aliphatic carbocycles. The minimum Gasteiger partial charge on any atom is -0.508 e. The zero-order valence-corrected chi connectivity index (χ0v) is 11.4. The van der Waals surface area contributed by atoms with E-state index in [2.05, 4.69) is 10.3 Å². The molecule has 1 heterocycles. The molecule has 3 rings (SSSR count). The third-order valence-corrected chi connectivity index (χ3v) is 3.80. The smallest absolute Gasteiger partial charge is 0.129 e. The Morgan fingerprint density at radius 3 is 2.95 bits per heavy atom. The highest BCUT2D eigenvalue weighted by atomic mass is 35.5. The van der Waals surface area contributed by atoms with Crippen molar-refractivity contribution in [1.29, 1.82) is 0 Å². The van der Waals surface area contributed by atoms with Crippen LogP contribution in [0.5, 0.6) is 5.75 Å². The molecular formula is C15H15ClN2O. The molecule has 2 N–H and O–H groups in total. The van der Waals surface area contributed by atoms with E-state index in [0.29, 0.717) is 10.9 Å². The van der Waals surface area contributed by atoms with Crippen LogP contribution in [0.1, 0.15) is 29.3 Å². The van der Waals surface area contributed by atoms with E-state index in [1.807, 2.05) is 25.1 Å². The quantitative estimate of drug-likeness (QED) is 0.818. The van der Waals surface area contributed by atoms with Crippen molar-refractivity contribution >= 4 is 17.3 Å². The normalized spacial score (nSPS) is 17.3. The minimum atomic E-state index is 0.275. The van der Waals surface area contributed by atoms with Crippen LogP contribution in [0.15, 0.2) is 30.3 Å². The lowest BCUT2D eigenvalue weighted by Gasteiger charge is -2.17. The van der Waals surface area contributed by atoms with E-state index in [9.17, 15) is 5.11 Å². The first kappa shape index (κ1) is 12.3. The maximum absolute atomic E-state index is 9.50. The number of nitrogens with one attached hydrogen (secondary N) is 1. The highest BCUT2D eigenvalue weighted by Crippen LogP contribution is 2.36. The van der Waals surface area contributed by atoms with E-state index in [1.54, 1.807) is 12.1 Å². The van der Waals surface area contributed by atoms with E-state index in [4.69, 9.17) is 11.6 Å². The lowest BCUT2D eigenvalue weighted by molar-refractivity contribution is 0.474. The van der Waals surface area contributed by atoms with Crippen LogP contribution in [-0.2, 0) is 6.42 Å². The summed E-state index contributed by atoms with van der Waals surface area (Å²) >= 11 is 5.87. The Labute approximate surface area is 117 Å². The van der Waals surface area contributed by atoms with Gasteiger partial charge in [0.25, 0.3) is 0 Å². The summed E-state index contributed by atoms with van der Waals surface area (Å²) in [4.78, 5) is 4.25. The number of rotatable bonds is 2. The zero-order valence-electron chi connectivity index (χ0n) is 10.7. The van der Waals surface area contributed by atoms with Crippen LogP contribution in [0.4, 0.5) is 5.69 Å². The van der Waals surface area contributed by atoms with E-state index < -0.39 is 0 Å². The second kappa shape index (κ2) is 4.74. The number of pyridine rings is 1. The third-order valence-electron chi connectivity index (χ3n) is 3.59. The molecule has 1 aromatic heterocycles. The molecule has 1 aromatic carbocycles. The van der Waals surface area contributed by atoms with Crippen LogP contribution in [0, 0.1) is 6.92 Å². The molecule has 0 radical (unpaired) electrons. The molecule has 0 amide bonds. The summed E-state index contributed by atoms with van der Waals surface area (Å²) in [7, 11) is 0. The van der Waals surface area contributed by atoms with Gasteiger partial charge < -0.3 is 10.4 Å². The third kappa shape index (κ3) is 2.38. The fraction of sp³-hybridized carbons (Fsp3) is 0.267. The van der Waals surface area contributed by atoms with Gasteiger partial charge in [-0.15, -0.1) is 0 Å². The first-order chi connectivity index (χ1) is 9.13. The second-order valence-electron chi connectivity index (χ2n) is 4.89. The van der Waals surface area contributed by atoms with Crippen LogP contribution in [0.2, 0.25) is 5.15 Å². The summed E-state index contributed by atoms with van der Waals surface area (Å²) in [6.07, 6.45) is 2.02. The highest BCUT2D eigenvalue weighted by molar-refractivity contribution is 6.29. The van der Waals surface area contributed by atoms with Crippen molar-refractivity contribution in [2.75, 3.05) is 5.32 Å². The number of halogens is 1. The highest BCUT2D eigenvalue weighted by Gasteiger charge is 2.23. The lowest BCUT2D eigenvalue weighted by atomic mass is 10.1. The van der Waals surface area contributed by atoms with Crippen molar-refractivity contribution in [3.8, 4) is 5.75 Å². The minimum absolute atomic E-state index is 0.275. The van der Waals surface area contributed by atoms with Crippen molar-refractivity contribution < 1.29 is 5.11 Å². The van der Waals surface area contributed by atoms with Gasteiger partial charge in [-0.1, -0.05) is 17.7 Å². The molecule has 19 heavy (non-hydrogen) atoms. The van der Waals surface area contributed by atoms with Crippen molar-refractivity contribution in [2.45, 2.75) is 25.8 Å². The molecule has 0 bridgehead atoms. The number of nitrogens with zero attached hydrogens (tertiary/aromatic N) is 1. The molecule has 0 saturated heterocycles. The largest absolute Gasteiger partial charge is 0.508 e. The van der Waals surface area contributed by atoms with E-state index in [-0.39, 0.29) is 6.04 Å². The first-order valence-corrected chi connectivity index (χ1v) is 6.73. The number of phenols is 1. The summed E-state index contributed by atoms with van der Waals surface area (Å²) in [5.74, 6) is 0.337. The van der Waals surface area contributed by atoms with Crippen molar-refractivity contribution in [3.63, 3.8) is 0 Å². The predicted octanol–water partition coefficient (Wildman–Crippen LogP) is 3.85. The number of benzene rings is 1. The molecule has 0 aliphatic heterocycles. The van der Waals surface area contributed by atoms with Gasteiger partial charge in [0.2, 0.25) is 0 Å². The molecule has 3 nitrogen and oxygen atoms in total. The van der Waals surface area contributed by atoms with Crippen LogP contribution >= 0.6 is 11.6 Å². The Balaban J connectivity index is 1.86. The fourth-order valence-corrected chi connectivity index (χ4v) is 2.81. The second-order valence-corrected chi connectivity index (χ2v) is 5.27. The number of hydrogen-bond acceptors (Lipinski definition) is 3. The number of aromatic hydroxyl groups is 1. The predicted molar refractivity (Wildman–Crippen MR) is 76.8 cm³/mol. The molecule has 98 valence electrons. The summed E-state index contributed by atoms with van der Waals surface area (Å²) in [6.45, 7) is 1.95. The average molecular weight is 275 g/mol. The van der Waals surface area contributed by atoms with Gasteiger partial charge in [-0.2, -0.15) is 0 Å². The summed E-state index contributed by atoms with van der Waals surface area (Å²) in [6, 6.07) is 9.62. The molecule has 2 aromatic rings. The topological polar surface area (TPSA) is 45.2 Å². The standard InChI is InChI=1S/C15H15ClN2O/c1-9-13(6-7-15(16)17-9)18-14-5-2-10-8-11(19)3-4-12(10)14/h3-4,6-8,14,18-19H,2,5H2,1H3. The van der Waals surface area contributed by atoms with E-state index >= 15 is 0 Å². The van der Waals surface area contributed by atoms with Crippen molar-refractivity contribution in [2.24, 2.45) is 0 Å². The van der Waals surface area contributed by atoms with Crippen LogP contribution in [-0.4, -0.2) is 10.1 Å². The Kier molecular flexibility index (Phi) is 3.07. The Morgan fingerprint density at radius 1 is 1.32 bits per heavy atom. The number of aryl methyl sites for hydroxylation is 2. The summed E-state index contributed by atoms with van der Waals surface area (Å²) in [5, 5.41) is 13.5.